The smallest absolute Gasteiger partial charge is 0.373 e. The van der Waals surface area contributed by atoms with Gasteiger partial charge in [0, 0.05) is 31.6 Å². The molecule has 0 saturated heterocycles. The number of carbonyl (C=O) groups excluding carboxylic acids is 8. The van der Waals surface area contributed by atoms with Gasteiger partial charge in [-0.25, -0.2) is 19.0 Å². The van der Waals surface area contributed by atoms with Gasteiger partial charge in [-0.05, 0) is 59.5 Å². The second-order valence-electron chi connectivity index (χ2n) is 13.1. The van der Waals surface area contributed by atoms with E-state index in [1.54, 1.807) is 36.4 Å². The van der Waals surface area contributed by atoms with Gasteiger partial charge >= 0.3 is 18.1 Å². The summed E-state index contributed by atoms with van der Waals surface area (Å²) in [6.07, 6.45) is 0.250. The summed E-state index contributed by atoms with van der Waals surface area (Å²) in [4.78, 5) is 81.6. The van der Waals surface area contributed by atoms with Crippen LogP contribution < -0.4 is 5.73 Å². The van der Waals surface area contributed by atoms with Gasteiger partial charge < -0.3 is 29.4 Å². The molecule has 0 radical (unpaired) electrons. The van der Waals surface area contributed by atoms with E-state index in [9.17, 15) is 28.8 Å². The van der Waals surface area contributed by atoms with E-state index < -0.39 is 17.8 Å². The standard InChI is InChI=1S/C14H17BrN2O2.C12H11N3O5.C11H9BrN2O4.CO2.2CH4/c1-14(2,3)8-17-11-7-9(15)5-6-10(11)12(16-17)13(18)19-4;13-12(18)11-9-2-1-8(4-19-6-16)3-10(9)15(14-11)5-20-7-17;1-17-11(16)10-8-3-2-7(12)4-9(8)14(13-10)5-18-6-15;2-1-3;;/h5-7H,8H2,1-4H3;1-3,6-7H,4-5H2,(H2,13,18);2-4,6H,5H2,1H3;;2*1H4. The molecule has 0 saturated carbocycles. The van der Waals surface area contributed by atoms with E-state index in [1.807, 2.05) is 22.9 Å². The quantitative estimate of drug-likeness (QED) is 0.0793. The first kappa shape index (κ1) is 53.2. The molecule has 3 heterocycles. The van der Waals surface area contributed by atoms with Crippen LogP contribution in [0.5, 0.6) is 0 Å². The summed E-state index contributed by atoms with van der Waals surface area (Å²) >= 11 is 6.78. The number of fused-ring (bicyclic) bond motifs is 3. The van der Waals surface area contributed by atoms with Crippen LogP contribution in [0.25, 0.3) is 32.7 Å². The number of primary amides is 1. The van der Waals surface area contributed by atoms with E-state index in [-0.39, 0.29) is 64.3 Å². The minimum Gasteiger partial charge on any atom is -0.464 e. The van der Waals surface area contributed by atoms with Crippen LogP contribution in [0.15, 0.2) is 63.5 Å². The first-order chi connectivity index (χ1) is 28.6. The Balaban J connectivity index is 0.000000444. The van der Waals surface area contributed by atoms with Crippen LogP contribution in [0.4, 0.5) is 0 Å². The fourth-order valence-electron chi connectivity index (χ4n) is 5.38. The molecule has 0 unspecified atom stereocenters. The highest BCUT2D eigenvalue weighted by atomic mass is 79.9. The second-order valence-corrected chi connectivity index (χ2v) is 14.9. The van der Waals surface area contributed by atoms with Gasteiger partial charge in [0.2, 0.25) is 0 Å². The third kappa shape index (κ3) is 14.2. The Bertz CT molecular complexity index is 2540. The lowest BCUT2D eigenvalue weighted by Crippen LogP contribution is -2.17. The molecule has 0 aliphatic rings. The van der Waals surface area contributed by atoms with Gasteiger partial charge in [0.05, 0.1) is 30.8 Å². The molecule has 6 rings (SSSR count). The molecule has 0 bridgehead atoms. The van der Waals surface area contributed by atoms with Crippen molar-refractivity contribution in [2.45, 2.75) is 62.2 Å². The monoisotopic (exact) mass is 989 g/mol. The predicted octanol–water partition coefficient (Wildman–Crippen LogP) is 5.97. The lowest BCUT2D eigenvalue weighted by Gasteiger charge is -2.18. The Hall–Kier alpha value is -6.77. The van der Waals surface area contributed by atoms with Crippen LogP contribution in [0.3, 0.4) is 0 Å². The molecule has 0 fully saturated rings. The molecule has 1 amide bonds. The van der Waals surface area contributed by atoms with Gasteiger partial charge in [-0.3, -0.25) is 23.9 Å². The summed E-state index contributed by atoms with van der Waals surface area (Å²) in [7, 11) is 2.66. The molecule has 0 aliphatic carbocycles. The van der Waals surface area contributed by atoms with Crippen molar-refractivity contribution in [3.63, 3.8) is 0 Å². The zero-order valence-electron chi connectivity index (χ0n) is 32.6. The van der Waals surface area contributed by atoms with E-state index in [2.05, 4.69) is 86.9 Å². The average molecular weight is 992 g/mol. The van der Waals surface area contributed by atoms with Crippen molar-refractivity contribution in [1.82, 2.24) is 29.3 Å². The number of benzene rings is 3. The van der Waals surface area contributed by atoms with Crippen LogP contribution in [0.1, 0.15) is 72.7 Å². The summed E-state index contributed by atoms with van der Waals surface area (Å²) < 4.78 is 29.8. The summed E-state index contributed by atoms with van der Waals surface area (Å²) in [5.41, 5.74) is 8.82. The Morgan fingerprint density at radius 3 is 1.47 bits per heavy atom. The number of methoxy groups -OCH3 is 2. The number of carbonyl (C=O) groups is 6. The van der Waals surface area contributed by atoms with Crippen molar-refractivity contribution in [3.05, 3.63) is 86.2 Å². The van der Waals surface area contributed by atoms with Crippen LogP contribution >= 0.6 is 31.9 Å². The second kappa shape index (κ2) is 25.1. The number of rotatable bonds is 13. The van der Waals surface area contributed by atoms with Crippen LogP contribution in [-0.4, -0.2) is 87.0 Å². The van der Waals surface area contributed by atoms with Crippen molar-refractivity contribution in [1.29, 1.82) is 0 Å². The molecular formula is C40H45Br2N7O13. The van der Waals surface area contributed by atoms with Gasteiger partial charge in [0.25, 0.3) is 25.3 Å². The number of hydrogen-bond donors (Lipinski definition) is 1. The fourth-order valence-corrected chi connectivity index (χ4v) is 6.08. The molecule has 62 heavy (non-hydrogen) atoms. The van der Waals surface area contributed by atoms with Gasteiger partial charge in [-0.2, -0.15) is 24.9 Å². The number of hydrogen-bond acceptors (Lipinski definition) is 16. The maximum Gasteiger partial charge on any atom is 0.373 e. The van der Waals surface area contributed by atoms with Crippen molar-refractivity contribution in [2.24, 2.45) is 11.1 Å². The number of amides is 1. The topological polar surface area (TPSA) is 262 Å². The van der Waals surface area contributed by atoms with Gasteiger partial charge in [-0.15, -0.1) is 0 Å². The van der Waals surface area contributed by atoms with E-state index in [0.717, 1.165) is 26.4 Å². The minimum absolute atomic E-state index is 0. The molecule has 6 aromatic rings. The summed E-state index contributed by atoms with van der Waals surface area (Å²) in [5, 5.41) is 14.5. The molecule has 22 heteroatoms. The molecule has 3 aromatic carbocycles. The van der Waals surface area contributed by atoms with Crippen molar-refractivity contribution in [2.75, 3.05) is 14.2 Å². The highest BCUT2D eigenvalue weighted by Crippen LogP contribution is 2.27. The number of ether oxygens (including phenoxy) is 5. The number of nitrogens with two attached hydrogens (primary N) is 1. The van der Waals surface area contributed by atoms with E-state index in [1.165, 1.54) is 23.6 Å². The summed E-state index contributed by atoms with van der Waals surface area (Å²) in [6.45, 7) is 7.95. The Labute approximate surface area is 371 Å². The van der Waals surface area contributed by atoms with Crippen molar-refractivity contribution in [3.8, 4) is 0 Å². The highest BCUT2D eigenvalue weighted by Gasteiger charge is 2.22. The molecule has 20 nitrogen and oxygen atoms in total. The maximum atomic E-state index is 11.8. The Morgan fingerprint density at radius 1 is 0.661 bits per heavy atom. The zero-order valence-corrected chi connectivity index (χ0v) is 35.8. The molecule has 3 aromatic heterocycles. The SMILES string of the molecule is C.C.COC(=O)c1nn(CC(C)(C)C)c2cc(Br)ccc12.COC(=O)c1nn(COC=O)c2cc(Br)ccc12.NC(=O)c1nn(COC=O)c2cc(COC=O)ccc12.O=C=O. The lowest BCUT2D eigenvalue weighted by atomic mass is 9.97. The largest absolute Gasteiger partial charge is 0.464 e. The number of halogens is 2. The zero-order chi connectivity index (χ0) is 44.6. The molecule has 0 spiro atoms. The first-order valence-electron chi connectivity index (χ1n) is 17.0. The van der Waals surface area contributed by atoms with Crippen LogP contribution in [0.2, 0.25) is 0 Å². The number of nitrogens with zero attached hydrogens (tertiary/aromatic N) is 6. The van der Waals surface area contributed by atoms with Crippen molar-refractivity contribution < 1.29 is 62.0 Å². The van der Waals surface area contributed by atoms with Gasteiger partial charge in [0.15, 0.2) is 30.5 Å². The molecule has 332 valence electrons. The fraction of sp³-hybridized carbons (Fsp3) is 0.300. The van der Waals surface area contributed by atoms with Gasteiger partial charge in [0.1, 0.15) is 6.61 Å². The van der Waals surface area contributed by atoms with Crippen LogP contribution in [0, 0.1) is 5.41 Å². The first-order valence-corrected chi connectivity index (χ1v) is 18.6. The van der Waals surface area contributed by atoms with E-state index in [0.29, 0.717) is 46.0 Å². The third-order valence-corrected chi connectivity index (χ3v) is 8.69. The lowest BCUT2D eigenvalue weighted by molar-refractivity contribution is -0.191. The van der Waals surface area contributed by atoms with E-state index in [4.69, 9.17) is 20.1 Å². The molecule has 2 N–H and O–H groups in total. The Kier molecular flexibility index (Phi) is 21.6. The number of esters is 2. The number of aromatic nitrogens is 6. The van der Waals surface area contributed by atoms with E-state index >= 15 is 0 Å². The minimum atomic E-state index is -0.684. The average Bonchev–Trinajstić information content (AvgIpc) is 3.88. The van der Waals surface area contributed by atoms with Gasteiger partial charge in [-0.1, -0.05) is 73.6 Å². The third-order valence-electron chi connectivity index (χ3n) is 7.71. The Morgan fingerprint density at radius 2 is 1.05 bits per heavy atom. The summed E-state index contributed by atoms with van der Waals surface area (Å²) in [6, 6.07) is 16.1. The maximum absolute atomic E-state index is 11.8. The molecule has 0 atom stereocenters. The highest BCUT2D eigenvalue weighted by molar-refractivity contribution is 9.10. The summed E-state index contributed by atoms with van der Waals surface area (Å²) in [5.74, 6) is -1.62. The van der Waals surface area contributed by atoms with Crippen molar-refractivity contribution >= 4 is 108 Å². The predicted molar refractivity (Wildman–Crippen MR) is 229 cm³/mol. The molecular weight excluding hydrogens is 946 g/mol. The van der Waals surface area contributed by atoms with Crippen LogP contribution in [-0.2, 0) is 74.3 Å². The molecule has 0 aliphatic heterocycles. The normalized spacial score (nSPS) is 10.0.